The second-order valence-corrected chi connectivity index (χ2v) is 8.61. The summed E-state index contributed by atoms with van der Waals surface area (Å²) in [5.74, 6) is -1.43. The average Bonchev–Trinajstić information content (AvgIpc) is 2.90. The van der Waals surface area contributed by atoms with Crippen LogP contribution in [0.1, 0.15) is 17.5 Å². The standard InChI is InChI=1S/C19H19FN2O4S/c1-12-3-4-14(11-16(12)20)21-18(23)7-8-27(25,26)15-5-6-17-13(9-15)10-19(24)22(17)2/h3-6,9,11H,7-8,10H2,1-2H3,(H,21,23). The van der Waals surface area contributed by atoms with Gasteiger partial charge in [0.25, 0.3) is 0 Å². The molecule has 0 atom stereocenters. The van der Waals surface area contributed by atoms with Crippen molar-refractivity contribution in [2.24, 2.45) is 0 Å². The lowest BCUT2D eigenvalue weighted by atomic mass is 10.2. The monoisotopic (exact) mass is 390 g/mol. The van der Waals surface area contributed by atoms with Gasteiger partial charge in [0.1, 0.15) is 5.82 Å². The smallest absolute Gasteiger partial charge is 0.231 e. The van der Waals surface area contributed by atoms with Gasteiger partial charge in [-0.3, -0.25) is 9.59 Å². The molecule has 0 aliphatic carbocycles. The molecular weight excluding hydrogens is 371 g/mol. The number of sulfone groups is 1. The first kappa shape index (κ1) is 19.0. The molecule has 0 radical (unpaired) electrons. The number of hydrogen-bond donors (Lipinski definition) is 1. The van der Waals surface area contributed by atoms with Crippen LogP contribution in [0.25, 0.3) is 0 Å². The Bertz CT molecular complexity index is 1030. The Morgan fingerprint density at radius 1 is 1.22 bits per heavy atom. The average molecular weight is 390 g/mol. The maximum atomic E-state index is 13.5. The third-order valence-electron chi connectivity index (χ3n) is 4.54. The van der Waals surface area contributed by atoms with Gasteiger partial charge in [-0.05, 0) is 48.4 Å². The largest absolute Gasteiger partial charge is 0.326 e. The molecule has 1 N–H and O–H groups in total. The highest BCUT2D eigenvalue weighted by molar-refractivity contribution is 7.91. The van der Waals surface area contributed by atoms with Crippen molar-refractivity contribution in [1.29, 1.82) is 0 Å². The number of amides is 2. The Labute approximate surface area is 156 Å². The van der Waals surface area contributed by atoms with Gasteiger partial charge in [-0.15, -0.1) is 0 Å². The number of halogens is 1. The van der Waals surface area contributed by atoms with Crippen LogP contribution in [-0.4, -0.2) is 33.0 Å². The number of fused-ring (bicyclic) bond motifs is 1. The summed E-state index contributed by atoms with van der Waals surface area (Å²) in [5, 5.41) is 2.49. The van der Waals surface area contributed by atoms with Crippen LogP contribution in [0.4, 0.5) is 15.8 Å². The van der Waals surface area contributed by atoms with Crippen molar-refractivity contribution in [2.75, 3.05) is 23.0 Å². The fourth-order valence-corrected chi connectivity index (χ4v) is 4.17. The Morgan fingerprint density at radius 2 is 1.96 bits per heavy atom. The van der Waals surface area contributed by atoms with Crippen LogP contribution >= 0.6 is 0 Å². The van der Waals surface area contributed by atoms with Crippen LogP contribution in [0.5, 0.6) is 0 Å². The van der Waals surface area contributed by atoms with Crippen LogP contribution in [-0.2, 0) is 25.8 Å². The fourth-order valence-electron chi connectivity index (χ4n) is 2.88. The summed E-state index contributed by atoms with van der Waals surface area (Å²) >= 11 is 0. The van der Waals surface area contributed by atoms with Crippen molar-refractivity contribution in [3.05, 3.63) is 53.3 Å². The Hall–Kier alpha value is -2.74. The number of likely N-dealkylation sites (N-methyl/N-ethyl adjacent to an activating group) is 1. The summed E-state index contributed by atoms with van der Waals surface area (Å²) in [6, 6.07) is 8.80. The topological polar surface area (TPSA) is 83.5 Å². The van der Waals surface area contributed by atoms with Crippen LogP contribution in [0.3, 0.4) is 0 Å². The first-order valence-corrected chi connectivity index (χ1v) is 10.0. The number of benzene rings is 2. The quantitative estimate of drug-likeness (QED) is 0.850. The summed E-state index contributed by atoms with van der Waals surface area (Å²) in [5.41, 5.74) is 2.08. The molecule has 0 spiro atoms. The minimum atomic E-state index is -3.68. The zero-order valence-electron chi connectivity index (χ0n) is 15.0. The van der Waals surface area contributed by atoms with Crippen LogP contribution in [0.15, 0.2) is 41.3 Å². The van der Waals surface area contributed by atoms with Crippen LogP contribution in [0.2, 0.25) is 0 Å². The van der Waals surface area contributed by atoms with Crippen molar-refractivity contribution in [1.82, 2.24) is 0 Å². The molecule has 2 aromatic rings. The highest BCUT2D eigenvalue weighted by Crippen LogP contribution is 2.30. The van der Waals surface area contributed by atoms with E-state index >= 15 is 0 Å². The van der Waals surface area contributed by atoms with Gasteiger partial charge < -0.3 is 10.2 Å². The van der Waals surface area contributed by atoms with E-state index in [9.17, 15) is 22.4 Å². The van der Waals surface area contributed by atoms with E-state index in [2.05, 4.69) is 5.32 Å². The van der Waals surface area contributed by atoms with Gasteiger partial charge in [-0.25, -0.2) is 12.8 Å². The van der Waals surface area contributed by atoms with Crippen LogP contribution in [0, 0.1) is 12.7 Å². The molecule has 6 nitrogen and oxygen atoms in total. The molecule has 1 aliphatic heterocycles. The Morgan fingerprint density at radius 3 is 2.67 bits per heavy atom. The predicted octanol–water partition coefficient (Wildman–Crippen LogP) is 2.46. The predicted molar refractivity (Wildman–Crippen MR) is 100.0 cm³/mol. The molecule has 0 bridgehead atoms. The maximum Gasteiger partial charge on any atom is 0.231 e. The van der Waals surface area contributed by atoms with Crippen LogP contribution < -0.4 is 10.2 Å². The van der Waals surface area contributed by atoms with Gasteiger partial charge in [0.15, 0.2) is 9.84 Å². The molecule has 142 valence electrons. The number of carbonyl (C=O) groups excluding carboxylic acids is 2. The Kier molecular flexibility index (Phi) is 5.01. The third-order valence-corrected chi connectivity index (χ3v) is 6.25. The number of anilines is 2. The highest BCUT2D eigenvalue weighted by Gasteiger charge is 2.26. The summed E-state index contributed by atoms with van der Waals surface area (Å²) in [6.07, 6.45) is -0.0948. The minimum absolute atomic E-state index is 0.0820. The molecule has 27 heavy (non-hydrogen) atoms. The number of nitrogens with one attached hydrogen (secondary N) is 1. The van der Waals surface area contributed by atoms with Gasteiger partial charge in [-0.2, -0.15) is 0 Å². The number of nitrogens with zero attached hydrogens (tertiary/aromatic N) is 1. The molecule has 2 amide bonds. The maximum absolute atomic E-state index is 13.5. The molecular formula is C19H19FN2O4S. The van der Waals surface area contributed by atoms with E-state index in [1.807, 2.05) is 0 Å². The zero-order valence-corrected chi connectivity index (χ0v) is 15.8. The fraction of sp³-hybridized carbons (Fsp3) is 0.263. The van der Waals surface area contributed by atoms with Crippen molar-refractivity contribution in [3.8, 4) is 0 Å². The second-order valence-electron chi connectivity index (χ2n) is 6.50. The van der Waals surface area contributed by atoms with Crippen molar-refractivity contribution in [2.45, 2.75) is 24.7 Å². The molecule has 1 aliphatic rings. The molecule has 0 unspecified atom stereocenters. The van der Waals surface area contributed by atoms with Gasteiger partial charge in [0.2, 0.25) is 11.8 Å². The van der Waals surface area contributed by atoms with E-state index in [0.717, 1.165) is 0 Å². The molecule has 0 fully saturated rings. The SMILES string of the molecule is Cc1ccc(NC(=O)CCS(=O)(=O)c2ccc3c(c2)CC(=O)N3C)cc1F. The molecule has 0 saturated heterocycles. The minimum Gasteiger partial charge on any atom is -0.326 e. The lowest BCUT2D eigenvalue weighted by Gasteiger charge is -2.11. The van der Waals surface area contributed by atoms with E-state index in [1.165, 1.54) is 29.2 Å². The molecule has 2 aromatic carbocycles. The number of carbonyl (C=O) groups is 2. The van der Waals surface area contributed by atoms with E-state index in [-0.39, 0.29) is 35.1 Å². The summed E-state index contributed by atoms with van der Waals surface area (Å²) < 4.78 is 38.5. The van der Waals surface area contributed by atoms with Gasteiger partial charge >= 0.3 is 0 Å². The summed E-state index contributed by atoms with van der Waals surface area (Å²) in [4.78, 5) is 25.3. The van der Waals surface area contributed by atoms with E-state index < -0.39 is 21.6 Å². The number of hydrogen-bond acceptors (Lipinski definition) is 4. The van der Waals surface area contributed by atoms with Gasteiger partial charge in [-0.1, -0.05) is 6.07 Å². The molecule has 0 saturated carbocycles. The first-order valence-electron chi connectivity index (χ1n) is 8.35. The Balaban J connectivity index is 1.66. The summed E-state index contributed by atoms with van der Waals surface area (Å²) in [7, 11) is -2.04. The summed E-state index contributed by atoms with van der Waals surface area (Å²) in [6.45, 7) is 1.61. The molecule has 1 heterocycles. The lowest BCUT2D eigenvalue weighted by Crippen LogP contribution is -2.20. The molecule has 8 heteroatoms. The van der Waals surface area contributed by atoms with Gasteiger partial charge in [0, 0.05) is 24.8 Å². The van der Waals surface area contributed by atoms with Crippen molar-refractivity contribution >= 4 is 33.0 Å². The van der Waals surface area contributed by atoms with Crippen molar-refractivity contribution in [3.63, 3.8) is 0 Å². The number of rotatable bonds is 5. The van der Waals surface area contributed by atoms with E-state index in [0.29, 0.717) is 16.8 Å². The molecule has 3 rings (SSSR count). The third kappa shape index (κ3) is 4.00. The highest BCUT2D eigenvalue weighted by atomic mass is 32.2. The second kappa shape index (κ2) is 7.11. The van der Waals surface area contributed by atoms with E-state index in [4.69, 9.17) is 0 Å². The lowest BCUT2D eigenvalue weighted by molar-refractivity contribution is -0.117. The molecule has 0 aromatic heterocycles. The first-order chi connectivity index (χ1) is 12.7. The van der Waals surface area contributed by atoms with Gasteiger partial charge in [0.05, 0.1) is 17.1 Å². The van der Waals surface area contributed by atoms with Crippen molar-refractivity contribution < 1.29 is 22.4 Å². The normalized spacial score (nSPS) is 13.6. The zero-order chi connectivity index (χ0) is 19.8. The van der Waals surface area contributed by atoms with E-state index in [1.54, 1.807) is 26.1 Å². The number of aryl methyl sites for hydroxylation is 1.